The molecule has 0 bridgehead atoms. The number of aliphatic imine (C=N–C) groups is 1. The summed E-state index contributed by atoms with van der Waals surface area (Å²) in [6.45, 7) is 3.96. The number of phenolic OH excluding ortho intramolecular Hbond substituents is 1. The number of halogens is 1. The molecule has 5 nitrogen and oxygen atoms in total. The molecule has 0 radical (unpaired) electrons. The van der Waals surface area contributed by atoms with Crippen LogP contribution in [0.25, 0.3) is 0 Å². The van der Waals surface area contributed by atoms with Crippen LogP contribution in [0.15, 0.2) is 32.9 Å². The maximum absolute atomic E-state index is 13.0. The molecule has 1 aromatic rings. The quantitative estimate of drug-likeness (QED) is 0.561. The molecule has 0 amide bonds. The topological polar surface area (TPSA) is 99.5 Å². The molecule has 1 heterocycles. The number of nitrogen functional groups attached to an aromatic ring is 1. The van der Waals surface area contributed by atoms with E-state index in [-0.39, 0.29) is 17.2 Å². The van der Waals surface area contributed by atoms with E-state index in [1.54, 1.807) is 12.1 Å². The van der Waals surface area contributed by atoms with Crippen molar-refractivity contribution in [3.8, 4) is 11.8 Å². The minimum atomic E-state index is -0.517. The van der Waals surface area contributed by atoms with Gasteiger partial charge >= 0.3 is 0 Å². The van der Waals surface area contributed by atoms with Crippen LogP contribution in [0.2, 0.25) is 0 Å². The van der Waals surface area contributed by atoms with Gasteiger partial charge < -0.3 is 10.8 Å². The average Bonchev–Trinajstić information content (AvgIpc) is 2.58. The zero-order valence-corrected chi connectivity index (χ0v) is 16.5. The van der Waals surface area contributed by atoms with Crippen molar-refractivity contribution < 1.29 is 9.90 Å². The van der Waals surface area contributed by atoms with Crippen LogP contribution >= 0.6 is 15.9 Å². The molecule has 3 rings (SSSR count). The van der Waals surface area contributed by atoms with Gasteiger partial charge in [0.2, 0.25) is 0 Å². The highest BCUT2D eigenvalue weighted by molar-refractivity contribution is 9.10. The number of nitrogens with zero attached hydrogens (tertiary/aromatic N) is 2. The second kappa shape index (κ2) is 7.24. The summed E-state index contributed by atoms with van der Waals surface area (Å²) in [6, 6.07) is 5.71. The van der Waals surface area contributed by atoms with Crippen LogP contribution in [0, 0.1) is 23.2 Å². The lowest BCUT2D eigenvalue weighted by Crippen LogP contribution is -2.32. The summed E-state index contributed by atoms with van der Waals surface area (Å²) in [6.07, 6.45) is 3.32. The monoisotopic (exact) mass is 415 g/mol. The van der Waals surface area contributed by atoms with E-state index in [0.717, 1.165) is 36.2 Å². The molecule has 1 aliphatic heterocycles. The number of hydrogen-bond acceptors (Lipinski definition) is 5. The first-order chi connectivity index (χ1) is 12.4. The van der Waals surface area contributed by atoms with Crippen molar-refractivity contribution in [1.82, 2.24) is 0 Å². The van der Waals surface area contributed by atoms with Gasteiger partial charge in [-0.2, -0.15) is 5.26 Å². The highest BCUT2D eigenvalue weighted by Gasteiger charge is 2.41. The Morgan fingerprint density at radius 2 is 2.15 bits per heavy atom. The number of carbonyl (C=O) groups is 1. The van der Waals surface area contributed by atoms with Gasteiger partial charge in [-0.05, 0) is 59.3 Å². The minimum Gasteiger partial charge on any atom is -0.505 e. The van der Waals surface area contributed by atoms with Gasteiger partial charge in [0.05, 0.1) is 22.1 Å². The Labute approximate surface area is 161 Å². The second-order valence-corrected chi connectivity index (χ2v) is 7.98. The van der Waals surface area contributed by atoms with Crippen LogP contribution in [-0.4, -0.2) is 16.6 Å². The van der Waals surface area contributed by atoms with Gasteiger partial charge in [0, 0.05) is 29.3 Å². The summed E-state index contributed by atoms with van der Waals surface area (Å²) < 4.78 is 0.457. The summed E-state index contributed by atoms with van der Waals surface area (Å²) in [4.78, 5) is 17.6. The number of hydrogen-bond donors (Lipinski definition) is 2. The van der Waals surface area contributed by atoms with Crippen molar-refractivity contribution >= 4 is 33.1 Å². The molecule has 3 unspecified atom stereocenters. The molecule has 6 heteroatoms. The fourth-order valence-corrected chi connectivity index (χ4v) is 4.59. The van der Waals surface area contributed by atoms with Gasteiger partial charge in [0.25, 0.3) is 0 Å². The molecule has 136 valence electrons. The third-order valence-electron chi connectivity index (χ3n) is 5.28. The number of benzene rings is 1. The Morgan fingerprint density at radius 1 is 1.42 bits per heavy atom. The van der Waals surface area contributed by atoms with E-state index in [0.29, 0.717) is 22.4 Å². The molecule has 0 fully saturated rings. The molecule has 0 spiro atoms. The van der Waals surface area contributed by atoms with Crippen LogP contribution in [0.1, 0.15) is 51.0 Å². The van der Waals surface area contributed by atoms with Crippen molar-refractivity contribution in [2.45, 2.75) is 45.4 Å². The van der Waals surface area contributed by atoms with E-state index in [1.807, 2.05) is 6.92 Å². The van der Waals surface area contributed by atoms with Crippen LogP contribution < -0.4 is 5.73 Å². The molecule has 3 N–H and O–H groups in total. The third kappa shape index (κ3) is 3.16. The summed E-state index contributed by atoms with van der Waals surface area (Å²) >= 11 is 3.31. The molecule has 3 atom stereocenters. The molecule has 0 aromatic heterocycles. The first-order valence-corrected chi connectivity index (χ1v) is 9.65. The van der Waals surface area contributed by atoms with Crippen molar-refractivity contribution in [1.29, 1.82) is 5.26 Å². The number of carbonyl (C=O) groups excluding carboxylic acids is 1. The lowest BCUT2D eigenvalue weighted by molar-refractivity contribution is -0.117. The predicted octanol–water partition coefficient (Wildman–Crippen LogP) is 4.47. The number of Topliss-reactive ketones (excluding diaryl/α,β-unsaturated/α-hetero) is 1. The molecule has 1 aliphatic carbocycles. The van der Waals surface area contributed by atoms with Crippen molar-refractivity contribution in [2.24, 2.45) is 16.8 Å². The maximum Gasteiger partial charge on any atom is 0.161 e. The number of nitrogens with two attached hydrogens (primary N) is 1. The van der Waals surface area contributed by atoms with Crippen LogP contribution in [0.4, 0.5) is 5.69 Å². The average molecular weight is 416 g/mol. The number of allylic oxidation sites excluding steroid dienone is 2. The smallest absolute Gasteiger partial charge is 0.161 e. The summed E-state index contributed by atoms with van der Waals surface area (Å²) in [7, 11) is 0. The van der Waals surface area contributed by atoms with Gasteiger partial charge in [0.15, 0.2) is 11.5 Å². The van der Waals surface area contributed by atoms with Crippen molar-refractivity contribution in [3.05, 3.63) is 33.4 Å². The first kappa shape index (κ1) is 18.7. The van der Waals surface area contributed by atoms with E-state index in [2.05, 4.69) is 33.9 Å². The fraction of sp³-hybridized carbons (Fsp3) is 0.450. The van der Waals surface area contributed by atoms with Crippen molar-refractivity contribution in [2.75, 3.05) is 5.73 Å². The number of aromatic hydroxyl groups is 1. The number of anilines is 1. The van der Waals surface area contributed by atoms with Gasteiger partial charge in [-0.25, -0.2) is 0 Å². The molecule has 2 aliphatic rings. The second-order valence-electron chi connectivity index (χ2n) is 7.12. The van der Waals surface area contributed by atoms with Crippen LogP contribution in [-0.2, 0) is 4.79 Å². The zero-order chi connectivity index (χ0) is 19.0. The van der Waals surface area contributed by atoms with Gasteiger partial charge in [0.1, 0.15) is 0 Å². The molecule has 0 saturated heterocycles. The normalized spacial score (nSPS) is 25.5. The Kier molecular flexibility index (Phi) is 5.19. The summed E-state index contributed by atoms with van der Waals surface area (Å²) in [5, 5.41) is 19.7. The maximum atomic E-state index is 13.0. The summed E-state index contributed by atoms with van der Waals surface area (Å²) in [5.41, 5.74) is 9.08. The lowest BCUT2D eigenvalue weighted by Gasteiger charge is -2.35. The SMILES string of the molecule is CCCC1CC(=O)C2=C(C1)N=C(C)C(C#N)C2c1cc(N)c(O)c(Br)c1. The van der Waals surface area contributed by atoms with E-state index in [4.69, 9.17) is 5.73 Å². The third-order valence-corrected chi connectivity index (χ3v) is 5.89. The van der Waals surface area contributed by atoms with Gasteiger partial charge in [-0.3, -0.25) is 9.79 Å². The van der Waals surface area contributed by atoms with Gasteiger partial charge in [-0.1, -0.05) is 13.3 Å². The van der Waals surface area contributed by atoms with Crippen LogP contribution in [0.3, 0.4) is 0 Å². The Hall–Kier alpha value is -2.13. The Bertz CT molecular complexity index is 843. The summed E-state index contributed by atoms with van der Waals surface area (Å²) in [5.74, 6) is -0.554. The number of rotatable bonds is 3. The zero-order valence-electron chi connectivity index (χ0n) is 14.9. The Morgan fingerprint density at radius 3 is 2.77 bits per heavy atom. The molecule has 1 aromatic carbocycles. The molecule has 26 heavy (non-hydrogen) atoms. The molecule has 0 saturated carbocycles. The van der Waals surface area contributed by atoms with Crippen LogP contribution in [0.5, 0.6) is 5.75 Å². The predicted molar refractivity (Wildman–Crippen MR) is 105 cm³/mol. The number of ketones is 1. The van der Waals surface area contributed by atoms with Gasteiger partial charge in [-0.15, -0.1) is 0 Å². The van der Waals surface area contributed by atoms with E-state index in [1.165, 1.54) is 0 Å². The minimum absolute atomic E-state index is 0.0318. The number of phenols is 1. The highest BCUT2D eigenvalue weighted by Crippen LogP contribution is 2.46. The lowest BCUT2D eigenvalue weighted by atomic mass is 9.70. The van der Waals surface area contributed by atoms with E-state index < -0.39 is 11.8 Å². The Balaban J connectivity index is 2.14. The van der Waals surface area contributed by atoms with Crippen molar-refractivity contribution in [3.63, 3.8) is 0 Å². The number of nitriles is 1. The van der Waals surface area contributed by atoms with E-state index in [9.17, 15) is 15.2 Å². The first-order valence-electron chi connectivity index (χ1n) is 8.86. The molecular weight excluding hydrogens is 394 g/mol. The fourth-order valence-electron chi connectivity index (χ4n) is 4.10. The van der Waals surface area contributed by atoms with E-state index >= 15 is 0 Å². The largest absolute Gasteiger partial charge is 0.505 e. The standard InChI is InChI=1S/C20H22BrN3O2/c1-3-4-11-5-16-19(17(25)6-11)18(13(9-22)10(2)24-16)12-7-14(21)20(26)15(23)8-12/h7-8,11,13,18,26H,3-6,23H2,1-2H3. The highest BCUT2D eigenvalue weighted by atomic mass is 79.9. The molecular formula is C20H22BrN3O2.